The number of hydrogen-bond donors (Lipinski definition) is 2. The smallest absolute Gasteiger partial charge is 0.336 e. The number of ether oxygens (including phenoxy) is 2. The van der Waals surface area contributed by atoms with Gasteiger partial charge in [0.05, 0.1) is 30.8 Å². The summed E-state index contributed by atoms with van der Waals surface area (Å²) in [6.07, 6.45) is 1.83. The van der Waals surface area contributed by atoms with E-state index in [4.69, 9.17) is 9.47 Å². The number of aromatic amines is 1. The van der Waals surface area contributed by atoms with Crippen LogP contribution in [0.2, 0.25) is 0 Å². The third-order valence-electron chi connectivity index (χ3n) is 4.36. The van der Waals surface area contributed by atoms with Crippen molar-refractivity contribution >= 4 is 23.5 Å². The van der Waals surface area contributed by atoms with E-state index in [9.17, 15) is 9.59 Å². The second kappa shape index (κ2) is 7.87. The highest BCUT2D eigenvalue weighted by Gasteiger charge is 2.37. The molecule has 1 unspecified atom stereocenters. The first kappa shape index (κ1) is 19.0. The Morgan fingerprint density at radius 1 is 1.33 bits per heavy atom. The van der Waals surface area contributed by atoms with Gasteiger partial charge >= 0.3 is 5.97 Å². The number of fused-ring (bicyclic) bond motifs is 1. The lowest BCUT2D eigenvalue weighted by Gasteiger charge is -2.29. The fourth-order valence-corrected chi connectivity index (χ4v) is 3.60. The third-order valence-corrected chi connectivity index (χ3v) is 4.94. The van der Waals surface area contributed by atoms with Gasteiger partial charge in [0.2, 0.25) is 0 Å². The highest BCUT2D eigenvalue weighted by Crippen LogP contribution is 2.43. The van der Waals surface area contributed by atoms with Gasteiger partial charge in [0.15, 0.2) is 5.16 Å². The minimum atomic E-state index is -0.649. The summed E-state index contributed by atoms with van der Waals surface area (Å²) in [7, 11) is 1.56. The molecule has 0 amide bonds. The molecule has 2 N–H and O–H groups in total. The van der Waals surface area contributed by atoms with Crippen LogP contribution in [0.4, 0.5) is 5.82 Å². The Morgan fingerprint density at radius 2 is 2.07 bits per heavy atom. The Bertz CT molecular complexity index is 968. The van der Waals surface area contributed by atoms with E-state index in [0.717, 1.165) is 0 Å². The number of rotatable bonds is 5. The van der Waals surface area contributed by atoms with Gasteiger partial charge in [0.1, 0.15) is 11.6 Å². The van der Waals surface area contributed by atoms with Crippen LogP contribution < -0.4 is 15.6 Å². The van der Waals surface area contributed by atoms with Crippen LogP contribution in [0.5, 0.6) is 5.75 Å². The van der Waals surface area contributed by atoms with Crippen LogP contribution in [0.15, 0.2) is 45.5 Å². The fourth-order valence-electron chi connectivity index (χ4n) is 3.22. The Morgan fingerprint density at radius 3 is 2.74 bits per heavy atom. The van der Waals surface area contributed by atoms with Crippen LogP contribution >= 0.6 is 11.8 Å². The quantitative estimate of drug-likeness (QED) is 0.463. The second-order valence-electron chi connectivity index (χ2n) is 5.90. The maximum Gasteiger partial charge on any atom is 0.336 e. The summed E-state index contributed by atoms with van der Waals surface area (Å²) in [5.41, 5.74) is 1.74. The van der Waals surface area contributed by atoms with Crippen LogP contribution in [-0.2, 0) is 9.53 Å². The number of nitrogens with one attached hydrogen (secondary N) is 2. The number of carbonyl (C=O) groups is 1. The number of esters is 1. The van der Waals surface area contributed by atoms with Crippen molar-refractivity contribution in [3.63, 3.8) is 0 Å². The van der Waals surface area contributed by atoms with Gasteiger partial charge in [0, 0.05) is 11.3 Å². The molecule has 0 radical (unpaired) electrons. The lowest BCUT2D eigenvalue weighted by molar-refractivity contribution is -0.138. The molecule has 1 aromatic heterocycles. The van der Waals surface area contributed by atoms with Crippen molar-refractivity contribution < 1.29 is 14.3 Å². The minimum Gasteiger partial charge on any atom is -0.496 e. The predicted molar refractivity (Wildman–Crippen MR) is 104 cm³/mol. The molecule has 0 spiro atoms. The zero-order chi connectivity index (χ0) is 19.6. The monoisotopic (exact) mass is 387 g/mol. The van der Waals surface area contributed by atoms with Gasteiger partial charge in [-0.2, -0.15) is 0 Å². The molecular weight excluding hydrogens is 366 g/mol. The maximum absolute atomic E-state index is 12.9. The molecule has 0 saturated carbocycles. The highest BCUT2D eigenvalue weighted by atomic mass is 32.2. The van der Waals surface area contributed by atoms with Gasteiger partial charge in [-0.1, -0.05) is 30.0 Å². The normalized spacial score (nSPS) is 15.8. The molecule has 0 bridgehead atoms. The summed E-state index contributed by atoms with van der Waals surface area (Å²) in [6, 6.07) is 7.32. The Kier molecular flexibility index (Phi) is 5.55. The molecular formula is C19H21N3O4S. The van der Waals surface area contributed by atoms with Crippen LogP contribution in [0, 0.1) is 0 Å². The van der Waals surface area contributed by atoms with E-state index in [1.165, 1.54) is 11.8 Å². The largest absolute Gasteiger partial charge is 0.496 e. The van der Waals surface area contributed by atoms with Gasteiger partial charge in [-0.05, 0) is 26.2 Å². The van der Waals surface area contributed by atoms with Crippen molar-refractivity contribution in [2.24, 2.45) is 0 Å². The Hall–Kier alpha value is -2.74. The van der Waals surface area contributed by atoms with E-state index >= 15 is 0 Å². The number of methoxy groups -OCH3 is 1. The molecule has 8 heteroatoms. The molecule has 1 atom stereocenters. The van der Waals surface area contributed by atoms with E-state index in [1.807, 2.05) is 24.5 Å². The number of benzene rings is 1. The van der Waals surface area contributed by atoms with Crippen molar-refractivity contribution in [1.29, 1.82) is 0 Å². The molecule has 2 aromatic rings. The van der Waals surface area contributed by atoms with Gasteiger partial charge < -0.3 is 19.8 Å². The molecule has 0 aliphatic carbocycles. The molecule has 2 heterocycles. The Balaban J connectivity index is 2.31. The lowest BCUT2D eigenvalue weighted by atomic mass is 9.82. The van der Waals surface area contributed by atoms with Crippen molar-refractivity contribution in [2.45, 2.75) is 24.9 Å². The molecule has 1 aliphatic heterocycles. The number of anilines is 1. The molecule has 142 valence electrons. The van der Waals surface area contributed by atoms with Crippen LogP contribution in [0.3, 0.4) is 0 Å². The number of para-hydroxylation sites is 1. The predicted octanol–water partition coefficient (Wildman–Crippen LogP) is 2.89. The van der Waals surface area contributed by atoms with Gasteiger partial charge in [-0.15, -0.1) is 0 Å². The third kappa shape index (κ3) is 3.44. The highest BCUT2D eigenvalue weighted by molar-refractivity contribution is 7.98. The molecule has 27 heavy (non-hydrogen) atoms. The summed E-state index contributed by atoms with van der Waals surface area (Å²) >= 11 is 1.34. The minimum absolute atomic E-state index is 0.237. The lowest BCUT2D eigenvalue weighted by Crippen LogP contribution is -2.31. The van der Waals surface area contributed by atoms with Gasteiger partial charge in [-0.25, -0.2) is 9.78 Å². The SMILES string of the molecule is CCOC(=O)C1=C(C)Nc2nc(SC)[nH]c(=O)c2C1c1ccccc1OC. The molecule has 3 rings (SSSR count). The van der Waals surface area contributed by atoms with E-state index < -0.39 is 11.9 Å². The standard InChI is InChI=1S/C19H21N3O4S/c1-5-26-18(24)13-10(2)20-16-15(17(23)22-19(21-16)27-4)14(13)11-8-6-7-9-12(11)25-3/h6-9,14H,5H2,1-4H3,(H2,20,21,22,23). The number of allylic oxidation sites excluding steroid dienone is 1. The van der Waals surface area contributed by atoms with Crippen LogP contribution in [0.25, 0.3) is 0 Å². The molecule has 0 fully saturated rings. The van der Waals surface area contributed by atoms with Crippen LogP contribution in [-0.4, -0.2) is 35.9 Å². The zero-order valence-electron chi connectivity index (χ0n) is 15.6. The molecule has 1 aromatic carbocycles. The fraction of sp³-hybridized carbons (Fsp3) is 0.316. The molecule has 0 saturated heterocycles. The van der Waals surface area contributed by atoms with Crippen LogP contribution in [0.1, 0.15) is 30.9 Å². The van der Waals surface area contributed by atoms with Gasteiger partial charge in [-0.3, -0.25) is 4.79 Å². The van der Waals surface area contributed by atoms with E-state index in [0.29, 0.717) is 39.1 Å². The van der Waals surface area contributed by atoms with Crippen molar-refractivity contribution in [3.8, 4) is 5.75 Å². The first-order chi connectivity index (χ1) is 13.0. The van der Waals surface area contributed by atoms with Gasteiger partial charge in [0.25, 0.3) is 5.56 Å². The number of aromatic nitrogens is 2. The average Bonchev–Trinajstić information content (AvgIpc) is 2.66. The summed E-state index contributed by atoms with van der Waals surface area (Å²) < 4.78 is 10.8. The summed E-state index contributed by atoms with van der Waals surface area (Å²) in [5.74, 6) is -0.108. The number of H-pyrrole nitrogens is 1. The van der Waals surface area contributed by atoms with Crippen molar-refractivity contribution in [2.75, 3.05) is 25.3 Å². The topological polar surface area (TPSA) is 93.3 Å². The zero-order valence-corrected chi connectivity index (χ0v) is 16.4. The first-order valence-corrected chi connectivity index (χ1v) is 9.70. The van der Waals surface area contributed by atoms with Crippen molar-refractivity contribution in [1.82, 2.24) is 9.97 Å². The van der Waals surface area contributed by atoms with E-state index in [2.05, 4.69) is 15.3 Å². The molecule has 7 nitrogen and oxygen atoms in total. The number of nitrogens with zero attached hydrogens (tertiary/aromatic N) is 1. The Labute approximate surface area is 161 Å². The number of carbonyl (C=O) groups excluding carboxylic acids is 1. The van der Waals surface area contributed by atoms with E-state index in [-0.39, 0.29) is 12.2 Å². The van der Waals surface area contributed by atoms with Crippen molar-refractivity contribution in [3.05, 3.63) is 57.0 Å². The second-order valence-corrected chi connectivity index (χ2v) is 6.69. The summed E-state index contributed by atoms with van der Waals surface area (Å²) in [6.45, 7) is 3.76. The van der Waals surface area contributed by atoms with E-state index in [1.54, 1.807) is 27.0 Å². The number of thioether (sulfide) groups is 1. The number of hydrogen-bond acceptors (Lipinski definition) is 7. The maximum atomic E-state index is 12.9. The average molecular weight is 387 g/mol. The first-order valence-electron chi connectivity index (χ1n) is 8.47. The summed E-state index contributed by atoms with van der Waals surface area (Å²) in [5, 5.41) is 3.59. The molecule has 1 aliphatic rings. The summed E-state index contributed by atoms with van der Waals surface area (Å²) in [4.78, 5) is 32.9.